The van der Waals surface area contributed by atoms with Gasteiger partial charge >= 0.3 is 0 Å². The van der Waals surface area contributed by atoms with Gasteiger partial charge in [-0.25, -0.2) is 0 Å². The van der Waals surface area contributed by atoms with Crippen molar-refractivity contribution in [3.05, 3.63) is 64.4 Å². The second-order valence-corrected chi connectivity index (χ2v) is 8.42. The molecule has 2 heterocycles. The third-order valence-corrected chi connectivity index (χ3v) is 6.21. The number of hydrogen-bond acceptors (Lipinski definition) is 4. The van der Waals surface area contributed by atoms with Gasteiger partial charge in [0.1, 0.15) is 12.3 Å². The molecule has 1 unspecified atom stereocenters. The summed E-state index contributed by atoms with van der Waals surface area (Å²) in [5.41, 5.74) is 3.23. The first-order valence-corrected chi connectivity index (χ1v) is 11.1. The van der Waals surface area contributed by atoms with Gasteiger partial charge in [0, 0.05) is 12.1 Å². The number of likely N-dealkylation sites (tertiary alicyclic amines) is 1. The van der Waals surface area contributed by atoms with Crippen molar-refractivity contribution in [1.82, 2.24) is 19.7 Å². The predicted octanol–water partition coefficient (Wildman–Crippen LogP) is 5.07. The number of aromatic nitrogens is 3. The number of carbonyl (C=O) groups excluding carboxylic acids is 1. The number of aromatic amines is 1. The van der Waals surface area contributed by atoms with Gasteiger partial charge in [-0.15, -0.1) is 0 Å². The van der Waals surface area contributed by atoms with E-state index >= 15 is 0 Å². The number of benzene rings is 2. The van der Waals surface area contributed by atoms with Gasteiger partial charge in [-0.2, -0.15) is 5.10 Å². The second kappa shape index (κ2) is 9.47. The van der Waals surface area contributed by atoms with Crippen molar-refractivity contribution in [1.29, 1.82) is 0 Å². The average Bonchev–Trinajstić information content (AvgIpc) is 2.99. The molecular weight excluding hydrogens is 408 g/mol. The summed E-state index contributed by atoms with van der Waals surface area (Å²) in [5.74, 6) is 1.58. The van der Waals surface area contributed by atoms with Gasteiger partial charge < -0.3 is 9.64 Å². The highest BCUT2D eigenvalue weighted by Gasteiger charge is 2.27. The fourth-order valence-corrected chi connectivity index (χ4v) is 4.47. The maximum Gasteiger partial charge on any atom is 0.243 e. The van der Waals surface area contributed by atoms with Crippen molar-refractivity contribution in [3.8, 4) is 17.1 Å². The Kier molecular flexibility index (Phi) is 6.51. The minimum absolute atomic E-state index is 0.0596. The van der Waals surface area contributed by atoms with E-state index in [1.165, 1.54) is 0 Å². The van der Waals surface area contributed by atoms with Crippen LogP contribution < -0.4 is 4.74 Å². The highest BCUT2D eigenvalue weighted by Crippen LogP contribution is 2.31. The SMILES string of the molecule is COc1ccc(C2CCCCCN2C(=O)Cn2c(-c3cccc(C)c3)n[nH]c2=S)cc1. The minimum atomic E-state index is 0.0596. The number of methoxy groups -OCH3 is 1. The maximum atomic E-state index is 13.5. The number of aryl methyl sites for hydroxylation is 1. The molecule has 1 atom stereocenters. The van der Waals surface area contributed by atoms with Crippen molar-refractivity contribution in [2.45, 2.75) is 45.2 Å². The Morgan fingerprint density at radius 3 is 2.74 bits per heavy atom. The van der Waals surface area contributed by atoms with Gasteiger partial charge in [-0.05, 0) is 55.7 Å². The number of carbonyl (C=O) groups is 1. The highest BCUT2D eigenvalue weighted by molar-refractivity contribution is 7.71. The van der Waals surface area contributed by atoms with Crippen LogP contribution in [-0.4, -0.2) is 39.2 Å². The molecule has 3 aromatic rings. The fourth-order valence-electron chi connectivity index (χ4n) is 4.27. The number of nitrogens with zero attached hydrogens (tertiary/aromatic N) is 3. The lowest BCUT2D eigenvalue weighted by Crippen LogP contribution is -2.37. The summed E-state index contributed by atoms with van der Waals surface area (Å²) >= 11 is 5.46. The topological polar surface area (TPSA) is 63.1 Å². The van der Waals surface area contributed by atoms with Crippen LogP contribution in [0.3, 0.4) is 0 Å². The number of rotatable bonds is 5. The summed E-state index contributed by atoms with van der Waals surface area (Å²) in [6.45, 7) is 2.96. The van der Waals surface area contributed by atoms with E-state index < -0.39 is 0 Å². The monoisotopic (exact) mass is 436 g/mol. The zero-order valence-corrected chi connectivity index (χ0v) is 18.8. The van der Waals surface area contributed by atoms with Crippen molar-refractivity contribution in [3.63, 3.8) is 0 Å². The molecule has 4 rings (SSSR count). The molecule has 0 saturated carbocycles. The normalized spacial score (nSPS) is 16.7. The Morgan fingerprint density at radius 2 is 2.00 bits per heavy atom. The van der Waals surface area contributed by atoms with Crippen LogP contribution in [0, 0.1) is 11.7 Å². The van der Waals surface area contributed by atoms with Crippen LogP contribution in [0.5, 0.6) is 5.75 Å². The van der Waals surface area contributed by atoms with E-state index in [2.05, 4.69) is 28.4 Å². The third-order valence-electron chi connectivity index (χ3n) is 5.90. The summed E-state index contributed by atoms with van der Waals surface area (Å²) in [6.07, 6.45) is 4.22. The van der Waals surface area contributed by atoms with Gasteiger partial charge in [0.05, 0.1) is 13.2 Å². The van der Waals surface area contributed by atoms with Crippen molar-refractivity contribution < 1.29 is 9.53 Å². The number of H-pyrrole nitrogens is 1. The molecule has 6 nitrogen and oxygen atoms in total. The largest absolute Gasteiger partial charge is 0.497 e. The fraction of sp³-hybridized carbons (Fsp3) is 0.375. The van der Waals surface area contributed by atoms with Gasteiger partial charge in [-0.1, -0.05) is 48.7 Å². The van der Waals surface area contributed by atoms with Gasteiger partial charge in [0.2, 0.25) is 5.91 Å². The molecule has 2 aromatic carbocycles. The summed E-state index contributed by atoms with van der Waals surface area (Å²) in [6, 6.07) is 16.2. The first-order valence-electron chi connectivity index (χ1n) is 10.7. The first-order chi connectivity index (χ1) is 15.1. The first kappa shape index (κ1) is 21.3. The van der Waals surface area contributed by atoms with Crippen LogP contribution >= 0.6 is 12.2 Å². The molecule has 0 radical (unpaired) electrons. The number of amides is 1. The number of ether oxygens (including phenoxy) is 1. The lowest BCUT2D eigenvalue weighted by Gasteiger charge is -2.31. The zero-order chi connectivity index (χ0) is 21.8. The minimum Gasteiger partial charge on any atom is -0.497 e. The van der Waals surface area contributed by atoms with Crippen LogP contribution in [0.25, 0.3) is 11.4 Å². The Hall–Kier alpha value is -2.93. The van der Waals surface area contributed by atoms with E-state index in [1.54, 1.807) is 7.11 Å². The van der Waals surface area contributed by atoms with E-state index in [-0.39, 0.29) is 18.5 Å². The molecule has 1 N–H and O–H groups in total. The molecule has 0 bridgehead atoms. The number of nitrogens with one attached hydrogen (secondary N) is 1. The summed E-state index contributed by atoms with van der Waals surface area (Å²) in [5, 5.41) is 7.26. The van der Waals surface area contributed by atoms with E-state index in [9.17, 15) is 4.79 Å². The third kappa shape index (κ3) is 4.71. The average molecular weight is 437 g/mol. The Morgan fingerprint density at radius 1 is 1.19 bits per heavy atom. The molecule has 1 amide bonds. The molecule has 1 saturated heterocycles. The molecule has 1 fully saturated rings. The molecule has 7 heteroatoms. The lowest BCUT2D eigenvalue weighted by atomic mass is 10.0. The zero-order valence-electron chi connectivity index (χ0n) is 18.0. The lowest BCUT2D eigenvalue weighted by molar-refractivity contribution is -0.134. The molecular formula is C24H28N4O2S. The van der Waals surface area contributed by atoms with E-state index in [0.717, 1.165) is 54.7 Å². The van der Waals surface area contributed by atoms with Crippen LogP contribution in [0.15, 0.2) is 48.5 Å². The van der Waals surface area contributed by atoms with Crippen molar-refractivity contribution in [2.75, 3.05) is 13.7 Å². The summed E-state index contributed by atoms with van der Waals surface area (Å²) < 4.78 is 7.56. The molecule has 1 aliphatic rings. The van der Waals surface area contributed by atoms with E-state index in [0.29, 0.717) is 10.6 Å². The Bertz CT molecular complexity index is 1100. The summed E-state index contributed by atoms with van der Waals surface area (Å²) in [7, 11) is 1.66. The number of hydrogen-bond donors (Lipinski definition) is 1. The molecule has 0 spiro atoms. The van der Waals surface area contributed by atoms with Crippen LogP contribution in [0.1, 0.15) is 42.9 Å². The smallest absolute Gasteiger partial charge is 0.243 e. The van der Waals surface area contributed by atoms with Crippen molar-refractivity contribution in [2.24, 2.45) is 0 Å². The van der Waals surface area contributed by atoms with Gasteiger partial charge in [0.15, 0.2) is 10.6 Å². The van der Waals surface area contributed by atoms with Crippen LogP contribution in [0.2, 0.25) is 0 Å². The Labute approximate surface area is 187 Å². The molecule has 0 aliphatic carbocycles. The molecule has 1 aromatic heterocycles. The Balaban J connectivity index is 1.62. The quantitative estimate of drug-likeness (QED) is 0.567. The highest BCUT2D eigenvalue weighted by atomic mass is 32.1. The maximum absolute atomic E-state index is 13.5. The van der Waals surface area contributed by atoms with E-state index in [1.807, 2.05) is 46.7 Å². The second-order valence-electron chi connectivity index (χ2n) is 8.03. The summed E-state index contributed by atoms with van der Waals surface area (Å²) in [4.78, 5) is 15.5. The van der Waals surface area contributed by atoms with Gasteiger partial charge in [0.25, 0.3) is 0 Å². The van der Waals surface area contributed by atoms with Crippen LogP contribution in [-0.2, 0) is 11.3 Å². The molecule has 31 heavy (non-hydrogen) atoms. The molecule has 162 valence electrons. The van der Waals surface area contributed by atoms with Crippen LogP contribution in [0.4, 0.5) is 0 Å². The van der Waals surface area contributed by atoms with Crippen molar-refractivity contribution >= 4 is 18.1 Å². The standard InChI is InChI=1S/C24H28N4O2S/c1-17-7-6-8-19(15-17)23-25-26-24(31)28(23)16-22(29)27-14-5-3-4-9-21(27)18-10-12-20(30-2)13-11-18/h6-8,10-13,15,21H,3-5,9,14,16H2,1-2H3,(H,26,31). The van der Waals surface area contributed by atoms with Gasteiger partial charge in [-0.3, -0.25) is 14.5 Å². The molecule has 1 aliphatic heterocycles. The predicted molar refractivity (Wildman–Crippen MR) is 124 cm³/mol. The van der Waals surface area contributed by atoms with E-state index in [4.69, 9.17) is 17.0 Å².